The first-order valence-corrected chi connectivity index (χ1v) is 6.85. The molecule has 2 N–H and O–H groups in total. The van der Waals surface area contributed by atoms with E-state index < -0.39 is 0 Å². The largest absolute Gasteiger partial charge is 0.378 e. The second-order valence-electron chi connectivity index (χ2n) is 4.51. The smallest absolute Gasteiger partial charge is 0.0651 e. The Morgan fingerprint density at radius 2 is 2.22 bits per heavy atom. The van der Waals surface area contributed by atoms with Crippen LogP contribution in [0.3, 0.4) is 0 Å². The molecule has 18 heavy (non-hydrogen) atoms. The number of rotatable bonds is 3. The molecule has 4 heteroatoms. The van der Waals surface area contributed by atoms with Crippen molar-refractivity contribution in [1.29, 1.82) is 0 Å². The summed E-state index contributed by atoms with van der Waals surface area (Å²) in [4.78, 5) is 1.39. The van der Waals surface area contributed by atoms with Crippen molar-refractivity contribution < 1.29 is 0 Å². The van der Waals surface area contributed by atoms with Gasteiger partial charge in [0.25, 0.3) is 0 Å². The average molecular weight is 257 g/mol. The number of hydrogen-bond acceptors (Lipinski definition) is 3. The predicted octanol–water partition coefficient (Wildman–Crippen LogP) is 4.11. The van der Waals surface area contributed by atoms with Gasteiger partial charge >= 0.3 is 0 Å². The summed E-state index contributed by atoms with van der Waals surface area (Å²) in [5.41, 5.74) is 3.55. The van der Waals surface area contributed by atoms with E-state index in [2.05, 4.69) is 59.0 Å². The minimum Gasteiger partial charge on any atom is -0.378 e. The highest BCUT2D eigenvalue weighted by atomic mass is 32.1. The minimum absolute atomic E-state index is 0.328. The number of aromatic amines is 1. The van der Waals surface area contributed by atoms with E-state index in [0.717, 1.165) is 16.6 Å². The van der Waals surface area contributed by atoms with Crippen LogP contribution in [-0.2, 0) is 0 Å². The van der Waals surface area contributed by atoms with Crippen LogP contribution in [0.15, 0.2) is 35.8 Å². The van der Waals surface area contributed by atoms with Gasteiger partial charge in [-0.2, -0.15) is 5.10 Å². The van der Waals surface area contributed by atoms with Crippen molar-refractivity contribution in [2.75, 3.05) is 5.32 Å². The summed E-state index contributed by atoms with van der Waals surface area (Å²) in [7, 11) is 0. The van der Waals surface area contributed by atoms with Crippen LogP contribution in [0.2, 0.25) is 0 Å². The van der Waals surface area contributed by atoms with Crippen LogP contribution in [0.4, 0.5) is 5.69 Å². The third kappa shape index (κ3) is 1.99. The molecule has 1 aromatic carbocycles. The van der Waals surface area contributed by atoms with Gasteiger partial charge in [-0.05, 0) is 49.1 Å². The van der Waals surface area contributed by atoms with E-state index in [1.807, 2.05) is 6.20 Å². The molecular formula is C14H15N3S. The molecule has 0 aliphatic rings. The standard InChI is InChI=1S/C14H15N3S/c1-9-5-6-18-14(9)10(2)16-12-3-4-13-11(7-12)8-15-17-13/h3-8,10,16H,1-2H3,(H,15,17). The number of nitrogens with zero attached hydrogens (tertiary/aromatic N) is 1. The molecule has 0 amide bonds. The molecule has 0 fully saturated rings. The van der Waals surface area contributed by atoms with Gasteiger partial charge in [-0.15, -0.1) is 11.3 Å². The summed E-state index contributed by atoms with van der Waals surface area (Å²) >= 11 is 1.80. The van der Waals surface area contributed by atoms with Crippen LogP contribution < -0.4 is 5.32 Å². The van der Waals surface area contributed by atoms with Gasteiger partial charge in [-0.1, -0.05) is 0 Å². The Morgan fingerprint density at radius 1 is 1.33 bits per heavy atom. The third-order valence-electron chi connectivity index (χ3n) is 3.12. The first kappa shape index (κ1) is 11.3. The topological polar surface area (TPSA) is 40.7 Å². The van der Waals surface area contributed by atoms with Gasteiger partial charge in [-0.25, -0.2) is 0 Å². The molecule has 2 aromatic heterocycles. The third-order valence-corrected chi connectivity index (χ3v) is 4.32. The Morgan fingerprint density at radius 3 is 3.00 bits per heavy atom. The number of H-pyrrole nitrogens is 1. The molecule has 3 rings (SSSR count). The van der Waals surface area contributed by atoms with Crippen molar-refractivity contribution >= 4 is 27.9 Å². The zero-order valence-corrected chi connectivity index (χ0v) is 11.2. The van der Waals surface area contributed by atoms with Crippen molar-refractivity contribution in [3.05, 3.63) is 46.3 Å². The van der Waals surface area contributed by atoms with Crippen LogP contribution in [0.25, 0.3) is 10.9 Å². The molecule has 0 radical (unpaired) electrons. The quantitative estimate of drug-likeness (QED) is 0.741. The molecule has 0 aliphatic carbocycles. The molecule has 0 saturated heterocycles. The number of hydrogen-bond donors (Lipinski definition) is 2. The average Bonchev–Trinajstić information content (AvgIpc) is 2.96. The van der Waals surface area contributed by atoms with E-state index in [-0.39, 0.29) is 0 Å². The molecule has 0 spiro atoms. The van der Waals surface area contributed by atoms with E-state index in [1.54, 1.807) is 11.3 Å². The summed E-state index contributed by atoms with van der Waals surface area (Å²) in [6.07, 6.45) is 1.85. The number of benzene rings is 1. The molecule has 0 saturated carbocycles. The Labute approximate surface area is 110 Å². The van der Waals surface area contributed by atoms with E-state index in [4.69, 9.17) is 0 Å². The molecule has 92 valence electrons. The summed E-state index contributed by atoms with van der Waals surface area (Å²) in [5, 5.41) is 13.8. The molecule has 3 aromatic rings. The molecule has 0 aliphatic heterocycles. The van der Waals surface area contributed by atoms with Crippen molar-refractivity contribution in [1.82, 2.24) is 10.2 Å². The Bertz CT molecular complexity index is 668. The normalized spacial score (nSPS) is 12.8. The van der Waals surface area contributed by atoms with Gasteiger partial charge < -0.3 is 5.32 Å². The van der Waals surface area contributed by atoms with E-state index in [1.165, 1.54) is 10.4 Å². The number of fused-ring (bicyclic) bond motifs is 1. The maximum absolute atomic E-state index is 4.03. The SMILES string of the molecule is Cc1ccsc1C(C)Nc1ccc2[nH]ncc2c1. The Kier molecular flexibility index (Phi) is 2.80. The summed E-state index contributed by atoms with van der Waals surface area (Å²) in [6, 6.07) is 8.75. The first-order valence-electron chi connectivity index (χ1n) is 5.98. The van der Waals surface area contributed by atoms with E-state index in [9.17, 15) is 0 Å². The van der Waals surface area contributed by atoms with Gasteiger partial charge in [0, 0.05) is 16.0 Å². The highest BCUT2D eigenvalue weighted by Crippen LogP contribution is 2.27. The lowest BCUT2D eigenvalue weighted by atomic mass is 10.1. The van der Waals surface area contributed by atoms with Crippen molar-refractivity contribution in [3.63, 3.8) is 0 Å². The van der Waals surface area contributed by atoms with Gasteiger partial charge in [0.15, 0.2) is 0 Å². The molecular weight excluding hydrogens is 242 g/mol. The Balaban J connectivity index is 1.85. The molecule has 2 heterocycles. The van der Waals surface area contributed by atoms with Crippen molar-refractivity contribution in [2.24, 2.45) is 0 Å². The Hall–Kier alpha value is -1.81. The second kappa shape index (κ2) is 4.46. The highest BCUT2D eigenvalue weighted by molar-refractivity contribution is 7.10. The van der Waals surface area contributed by atoms with Crippen molar-refractivity contribution in [2.45, 2.75) is 19.9 Å². The zero-order chi connectivity index (χ0) is 12.5. The van der Waals surface area contributed by atoms with Crippen LogP contribution in [0, 0.1) is 6.92 Å². The fraction of sp³-hybridized carbons (Fsp3) is 0.214. The minimum atomic E-state index is 0.328. The number of nitrogens with one attached hydrogen (secondary N) is 2. The van der Waals surface area contributed by atoms with Gasteiger partial charge in [0.05, 0.1) is 17.8 Å². The van der Waals surface area contributed by atoms with Crippen LogP contribution in [0.5, 0.6) is 0 Å². The fourth-order valence-corrected chi connectivity index (χ4v) is 3.11. The van der Waals surface area contributed by atoms with Crippen LogP contribution in [0.1, 0.15) is 23.4 Å². The van der Waals surface area contributed by atoms with Crippen molar-refractivity contribution in [3.8, 4) is 0 Å². The lowest BCUT2D eigenvalue weighted by Gasteiger charge is -2.15. The second-order valence-corrected chi connectivity index (χ2v) is 5.45. The highest BCUT2D eigenvalue weighted by Gasteiger charge is 2.09. The lowest BCUT2D eigenvalue weighted by Crippen LogP contribution is -2.05. The molecule has 3 nitrogen and oxygen atoms in total. The number of aromatic nitrogens is 2. The monoisotopic (exact) mass is 257 g/mol. The number of aryl methyl sites for hydroxylation is 1. The van der Waals surface area contributed by atoms with Crippen LogP contribution in [-0.4, -0.2) is 10.2 Å². The van der Waals surface area contributed by atoms with Gasteiger partial charge in [0.2, 0.25) is 0 Å². The van der Waals surface area contributed by atoms with Crippen LogP contribution >= 0.6 is 11.3 Å². The van der Waals surface area contributed by atoms with Gasteiger partial charge in [0.1, 0.15) is 0 Å². The lowest BCUT2D eigenvalue weighted by molar-refractivity contribution is 0.899. The molecule has 1 unspecified atom stereocenters. The summed E-state index contributed by atoms with van der Waals surface area (Å²) in [6.45, 7) is 4.35. The summed E-state index contributed by atoms with van der Waals surface area (Å²) in [5.74, 6) is 0. The first-order chi connectivity index (χ1) is 8.74. The molecule has 0 bridgehead atoms. The number of anilines is 1. The maximum atomic E-state index is 4.03. The maximum Gasteiger partial charge on any atom is 0.0651 e. The predicted molar refractivity (Wildman–Crippen MR) is 77.2 cm³/mol. The molecule has 1 atom stereocenters. The zero-order valence-electron chi connectivity index (χ0n) is 10.4. The van der Waals surface area contributed by atoms with Gasteiger partial charge in [-0.3, -0.25) is 5.10 Å². The summed E-state index contributed by atoms with van der Waals surface area (Å²) < 4.78 is 0. The van der Waals surface area contributed by atoms with E-state index >= 15 is 0 Å². The van der Waals surface area contributed by atoms with E-state index in [0.29, 0.717) is 6.04 Å². The number of thiophene rings is 1. The fourth-order valence-electron chi connectivity index (χ4n) is 2.18.